The maximum absolute atomic E-state index is 12.7. The summed E-state index contributed by atoms with van der Waals surface area (Å²) < 4.78 is 42.8. The molecular formula is C12H11F3N2O2. The number of halogens is 3. The molecule has 0 fully saturated rings. The third kappa shape index (κ3) is 4.26. The molecule has 0 unspecified atom stereocenters. The fourth-order valence-electron chi connectivity index (χ4n) is 1.35. The van der Waals surface area contributed by atoms with E-state index < -0.39 is 23.2 Å². The van der Waals surface area contributed by atoms with Crippen LogP contribution in [0.4, 0.5) is 18.9 Å². The summed E-state index contributed by atoms with van der Waals surface area (Å²) in [4.78, 5) is 11.3. The van der Waals surface area contributed by atoms with Gasteiger partial charge in [-0.1, -0.05) is 0 Å². The molecule has 0 aliphatic heterocycles. The Morgan fingerprint density at radius 2 is 2.16 bits per heavy atom. The Labute approximate surface area is 107 Å². The average Bonchev–Trinajstić information content (AvgIpc) is 2.35. The maximum atomic E-state index is 12.7. The van der Waals surface area contributed by atoms with E-state index >= 15 is 0 Å². The van der Waals surface area contributed by atoms with Gasteiger partial charge in [0, 0.05) is 12.3 Å². The first-order valence-corrected chi connectivity index (χ1v) is 5.37. The van der Waals surface area contributed by atoms with Crippen molar-refractivity contribution < 1.29 is 22.7 Å². The minimum Gasteiger partial charge on any atom is -0.372 e. The molecule has 1 aromatic rings. The molecule has 1 amide bonds. The minimum atomic E-state index is -4.65. The van der Waals surface area contributed by atoms with Gasteiger partial charge < -0.3 is 10.1 Å². The van der Waals surface area contributed by atoms with Gasteiger partial charge in [-0.05, 0) is 25.1 Å². The fourth-order valence-corrected chi connectivity index (χ4v) is 1.35. The first-order chi connectivity index (χ1) is 8.88. The van der Waals surface area contributed by atoms with Gasteiger partial charge in [-0.3, -0.25) is 4.79 Å². The number of nitrogens with one attached hydrogen (secondary N) is 1. The smallest absolute Gasteiger partial charge is 0.372 e. The third-order valence-corrected chi connectivity index (χ3v) is 2.17. The molecule has 1 aromatic carbocycles. The van der Waals surface area contributed by atoms with Crippen LogP contribution in [0.3, 0.4) is 0 Å². The molecule has 0 aliphatic carbocycles. The second-order valence-corrected chi connectivity index (χ2v) is 3.56. The molecule has 19 heavy (non-hydrogen) atoms. The molecule has 102 valence electrons. The molecule has 0 radical (unpaired) electrons. The van der Waals surface area contributed by atoms with Crippen molar-refractivity contribution in [1.82, 2.24) is 0 Å². The zero-order chi connectivity index (χ0) is 14.5. The van der Waals surface area contributed by atoms with Crippen LogP contribution in [0.5, 0.6) is 0 Å². The number of hydrogen-bond donors (Lipinski definition) is 1. The highest BCUT2D eigenvalue weighted by Crippen LogP contribution is 2.33. The van der Waals surface area contributed by atoms with Crippen LogP contribution in [0.1, 0.15) is 18.1 Å². The summed E-state index contributed by atoms with van der Waals surface area (Å²) in [5.41, 5.74) is -1.60. The van der Waals surface area contributed by atoms with Crippen LogP contribution in [-0.4, -0.2) is 19.1 Å². The van der Waals surface area contributed by atoms with E-state index in [1.807, 2.05) is 0 Å². The molecule has 7 heteroatoms. The number of amides is 1. The minimum absolute atomic E-state index is 0.0315. The Morgan fingerprint density at radius 1 is 1.47 bits per heavy atom. The van der Waals surface area contributed by atoms with E-state index in [0.29, 0.717) is 6.61 Å². The predicted molar refractivity (Wildman–Crippen MR) is 61.3 cm³/mol. The number of ether oxygens (including phenoxy) is 1. The number of alkyl halides is 3. The lowest BCUT2D eigenvalue weighted by atomic mass is 10.1. The zero-order valence-corrected chi connectivity index (χ0v) is 10.0. The molecule has 0 aliphatic rings. The van der Waals surface area contributed by atoms with Gasteiger partial charge >= 0.3 is 6.18 Å². The maximum Gasteiger partial charge on any atom is 0.417 e. The quantitative estimate of drug-likeness (QED) is 0.916. The summed E-state index contributed by atoms with van der Waals surface area (Å²) >= 11 is 0. The number of anilines is 1. The second kappa shape index (κ2) is 6.20. The zero-order valence-electron chi connectivity index (χ0n) is 10.0. The summed E-state index contributed by atoms with van der Waals surface area (Å²) in [5.74, 6) is -0.556. The highest BCUT2D eigenvalue weighted by Gasteiger charge is 2.33. The van der Waals surface area contributed by atoms with Gasteiger partial charge in [-0.2, -0.15) is 18.4 Å². The highest BCUT2D eigenvalue weighted by atomic mass is 19.4. The lowest BCUT2D eigenvalue weighted by Gasteiger charge is -2.11. The van der Waals surface area contributed by atoms with Crippen LogP contribution in [0, 0.1) is 11.3 Å². The van der Waals surface area contributed by atoms with E-state index in [0.717, 1.165) is 12.1 Å². The lowest BCUT2D eigenvalue weighted by Crippen LogP contribution is -2.19. The van der Waals surface area contributed by atoms with Gasteiger partial charge in [0.1, 0.15) is 6.61 Å². The largest absolute Gasteiger partial charge is 0.417 e. The van der Waals surface area contributed by atoms with Crippen LogP contribution in [-0.2, 0) is 15.7 Å². The molecule has 1 N–H and O–H groups in total. The standard InChI is InChI=1S/C12H11F3N2O2/c1-2-19-7-11(18)17-9-4-3-8(6-16)10(5-9)12(13,14)15/h3-5H,2,7H2,1H3,(H,17,18). The van der Waals surface area contributed by atoms with Crippen molar-refractivity contribution in [2.45, 2.75) is 13.1 Å². The Hall–Kier alpha value is -2.07. The predicted octanol–water partition coefficient (Wildman–Crippen LogP) is 2.55. The molecule has 0 saturated carbocycles. The van der Waals surface area contributed by atoms with Crippen molar-refractivity contribution in [2.75, 3.05) is 18.5 Å². The number of rotatable bonds is 4. The van der Waals surface area contributed by atoms with Crippen LogP contribution >= 0.6 is 0 Å². The number of nitriles is 1. The number of carbonyl (C=O) groups is 1. The Balaban J connectivity index is 2.94. The Kier molecular flexibility index (Phi) is 4.89. The van der Waals surface area contributed by atoms with E-state index in [-0.39, 0.29) is 12.3 Å². The molecule has 0 aromatic heterocycles. The number of nitrogens with zero attached hydrogens (tertiary/aromatic N) is 1. The number of hydrogen-bond acceptors (Lipinski definition) is 3. The number of carbonyl (C=O) groups excluding carboxylic acids is 1. The highest BCUT2D eigenvalue weighted by molar-refractivity contribution is 5.91. The van der Waals surface area contributed by atoms with E-state index in [2.05, 4.69) is 5.32 Å². The van der Waals surface area contributed by atoms with Crippen molar-refractivity contribution in [3.63, 3.8) is 0 Å². The van der Waals surface area contributed by atoms with E-state index in [1.54, 1.807) is 6.92 Å². The van der Waals surface area contributed by atoms with Gasteiger partial charge in [0.25, 0.3) is 0 Å². The molecule has 0 atom stereocenters. The fraction of sp³-hybridized carbons (Fsp3) is 0.333. The SMILES string of the molecule is CCOCC(=O)Nc1ccc(C#N)c(C(F)(F)F)c1. The van der Waals surface area contributed by atoms with E-state index in [9.17, 15) is 18.0 Å². The first kappa shape index (κ1) is 15.0. The van der Waals surface area contributed by atoms with Gasteiger partial charge in [0.15, 0.2) is 0 Å². The second-order valence-electron chi connectivity index (χ2n) is 3.56. The van der Waals surface area contributed by atoms with E-state index in [4.69, 9.17) is 10.00 Å². The van der Waals surface area contributed by atoms with Crippen LogP contribution in [0.15, 0.2) is 18.2 Å². The first-order valence-electron chi connectivity index (χ1n) is 5.37. The monoisotopic (exact) mass is 272 g/mol. The van der Waals surface area contributed by atoms with Gasteiger partial charge in [0.05, 0.1) is 17.2 Å². The lowest BCUT2D eigenvalue weighted by molar-refractivity contribution is -0.137. The van der Waals surface area contributed by atoms with Gasteiger partial charge in [0.2, 0.25) is 5.91 Å². The molecule has 0 heterocycles. The summed E-state index contributed by atoms with van der Waals surface area (Å²) in [7, 11) is 0. The summed E-state index contributed by atoms with van der Waals surface area (Å²) in [6.07, 6.45) is -4.65. The Bertz CT molecular complexity index is 507. The van der Waals surface area contributed by atoms with Crippen molar-refractivity contribution >= 4 is 11.6 Å². The summed E-state index contributed by atoms with van der Waals surface area (Å²) in [6.45, 7) is 1.78. The molecule has 4 nitrogen and oxygen atoms in total. The molecule has 0 spiro atoms. The topological polar surface area (TPSA) is 62.1 Å². The average molecular weight is 272 g/mol. The summed E-state index contributed by atoms with van der Waals surface area (Å²) in [5, 5.41) is 10.9. The molecule has 1 rings (SSSR count). The Morgan fingerprint density at radius 3 is 2.68 bits per heavy atom. The van der Waals surface area contributed by atoms with Crippen LogP contribution in [0.2, 0.25) is 0 Å². The van der Waals surface area contributed by atoms with E-state index in [1.165, 1.54) is 12.1 Å². The van der Waals surface area contributed by atoms with Crippen molar-refractivity contribution in [1.29, 1.82) is 5.26 Å². The van der Waals surface area contributed by atoms with Gasteiger partial charge in [-0.25, -0.2) is 0 Å². The van der Waals surface area contributed by atoms with Crippen molar-refractivity contribution in [3.8, 4) is 6.07 Å². The number of benzene rings is 1. The molecule has 0 saturated heterocycles. The normalized spacial score (nSPS) is 10.9. The van der Waals surface area contributed by atoms with Gasteiger partial charge in [-0.15, -0.1) is 0 Å². The third-order valence-electron chi connectivity index (χ3n) is 2.17. The molecule has 0 bridgehead atoms. The van der Waals surface area contributed by atoms with Crippen molar-refractivity contribution in [3.05, 3.63) is 29.3 Å². The summed E-state index contributed by atoms with van der Waals surface area (Å²) in [6, 6.07) is 4.43. The molecular weight excluding hydrogens is 261 g/mol. The van der Waals surface area contributed by atoms with Crippen LogP contribution < -0.4 is 5.32 Å². The van der Waals surface area contributed by atoms with Crippen molar-refractivity contribution in [2.24, 2.45) is 0 Å². The van der Waals surface area contributed by atoms with Crippen LogP contribution in [0.25, 0.3) is 0 Å².